The van der Waals surface area contributed by atoms with E-state index >= 15 is 0 Å². The molecule has 2 aliphatic rings. The van der Waals surface area contributed by atoms with E-state index in [0.29, 0.717) is 12.5 Å². The number of aromatic carboxylic acids is 1. The second-order valence-corrected chi connectivity index (χ2v) is 7.44. The third-order valence-corrected chi connectivity index (χ3v) is 5.90. The molecule has 6 nitrogen and oxygen atoms in total. The predicted molar refractivity (Wildman–Crippen MR) is 77.0 cm³/mol. The molecule has 0 aromatic heterocycles. The minimum absolute atomic E-state index is 0.155. The van der Waals surface area contributed by atoms with Gasteiger partial charge in [0.25, 0.3) is 10.2 Å². The Labute approximate surface area is 124 Å². The van der Waals surface area contributed by atoms with Crippen LogP contribution in [0.5, 0.6) is 0 Å². The van der Waals surface area contributed by atoms with Crippen LogP contribution in [0.2, 0.25) is 0 Å². The fraction of sp³-hybridized carbons (Fsp3) is 0.500. The monoisotopic (exact) mass is 310 g/mol. The normalized spacial score (nSPS) is 25.3. The van der Waals surface area contributed by atoms with E-state index in [1.54, 1.807) is 16.4 Å². The van der Waals surface area contributed by atoms with Crippen LogP contribution in [0.15, 0.2) is 24.3 Å². The topological polar surface area (TPSA) is 86.7 Å². The van der Waals surface area contributed by atoms with Crippen LogP contribution in [0.4, 0.5) is 0 Å². The van der Waals surface area contributed by atoms with Gasteiger partial charge in [0, 0.05) is 19.1 Å². The highest BCUT2D eigenvalue weighted by Crippen LogP contribution is 2.38. The summed E-state index contributed by atoms with van der Waals surface area (Å²) in [7, 11) is -3.45. The van der Waals surface area contributed by atoms with Crippen LogP contribution in [0.3, 0.4) is 0 Å². The van der Waals surface area contributed by atoms with E-state index in [2.05, 4.69) is 4.72 Å². The number of nitrogens with one attached hydrogen (secondary N) is 1. The van der Waals surface area contributed by atoms with Crippen LogP contribution in [-0.4, -0.2) is 36.4 Å². The van der Waals surface area contributed by atoms with Crippen molar-refractivity contribution < 1.29 is 18.3 Å². The Morgan fingerprint density at radius 3 is 2.52 bits per heavy atom. The van der Waals surface area contributed by atoms with Gasteiger partial charge < -0.3 is 5.11 Å². The maximum Gasteiger partial charge on any atom is 0.335 e. The Morgan fingerprint density at radius 1 is 1.29 bits per heavy atom. The Morgan fingerprint density at radius 2 is 2.00 bits per heavy atom. The molecule has 7 heteroatoms. The Kier molecular flexibility index (Phi) is 3.73. The molecule has 21 heavy (non-hydrogen) atoms. The summed E-state index contributed by atoms with van der Waals surface area (Å²) < 4.78 is 28.8. The van der Waals surface area contributed by atoms with Gasteiger partial charge in [-0.1, -0.05) is 12.1 Å². The molecule has 2 atom stereocenters. The fourth-order valence-electron chi connectivity index (χ4n) is 3.20. The van der Waals surface area contributed by atoms with Crippen molar-refractivity contribution in [2.75, 3.05) is 6.54 Å². The van der Waals surface area contributed by atoms with Crippen molar-refractivity contribution in [1.29, 1.82) is 0 Å². The van der Waals surface area contributed by atoms with Gasteiger partial charge in [0.15, 0.2) is 0 Å². The van der Waals surface area contributed by atoms with E-state index in [4.69, 9.17) is 5.11 Å². The first kappa shape index (κ1) is 14.5. The van der Waals surface area contributed by atoms with Crippen molar-refractivity contribution in [2.24, 2.45) is 5.92 Å². The lowest BCUT2D eigenvalue weighted by Gasteiger charge is -2.26. The molecule has 0 radical (unpaired) electrons. The van der Waals surface area contributed by atoms with E-state index in [9.17, 15) is 13.2 Å². The summed E-state index contributed by atoms with van der Waals surface area (Å²) in [6, 6.07) is 6.36. The maximum atomic E-state index is 12.3. The summed E-state index contributed by atoms with van der Waals surface area (Å²) in [5.41, 5.74) is 0.936. The summed E-state index contributed by atoms with van der Waals surface area (Å²) >= 11 is 0. The molecule has 2 bridgehead atoms. The maximum absolute atomic E-state index is 12.3. The molecule has 1 aromatic rings. The molecule has 0 amide bonds. The van der Waals surface area contributed by atoms with Crippen LogP contribution in [0.1, 0.15) is 35.2 Å². The van der Waals surface area contributed by atoms with Gasteiger partial charge in [0.05, 0.1) is 5.56 Å². The first-order valence-electron chi connectivity index (χ1n) is 7.04. The van der Waals surface area contributed by atoms with Crippen molar-refractivity contribution in [3.05, 3.63) is 35.4 Å². The van der Waals surface area contributed by atoms with Crippen molar-refractivity contribution in [3.8, 4) is 0 Å². The second kappa shape index (κ2) is 5.40. The van der Waals surface area contributed by atoms with E-state index < -0.39 is 16.2 Å². The van der Waals surface area contributed by atoms with Crippen LogP contribution in [0, 0.1) is 5.92 Å². The molecule has 1 aromatic carbocycles. The third kappa shape index (κ3) is 2.95. The molecule has 1 aliphatic carbocycles. The number of benzene rings is 1. The molecule has 1 saturated carbocycles. The highest BCUT2D eigenvalue weighted by molar-refractivity contribution is 7.87. The lowest BCUT2D eigenvalue weighted by atomic mass is 10.1. The van der Waals surface area contributed by atoms with E-state index in [1.165, 1.54) is 12.1 Å². The summed E-state index contributed by atoms with van der Waals surface area (Å²) in [4.78, 5) is 10.8. The number of carbonyl (C=O) groups is 1. The second-order valence-electron chi connectivity index (χ2n) is 5.73. The molecule has 2 N–H and O–H groups in total. The number of hydrogen-bond donors (Lipinski definition) is 2. The van der Waals surface area contributed by atoms with Crippen LogP contribution >= 0.6 is 0 Å². The quantitative estimate of drug-likeness (QED) is 0.855. The Hall–Kier alpha value is -1.44. The van der Waals surface area contributed by atoms with Crippen LogP contribution in [-0.2, 0) is 16.8 Å². The minimum atomic E-state index is -3.45. The van der Waals surface area contributed by atoms with E-state index in [1.807, 2.05) is 0 Å². The first-order chi connectivity index (χ1) is 9.95. The molecule has 1 saturated heterocycles. The molecule has 0 spiro atoms. The number of carboxylic acid groups (broad SMARTS) is 1. The highest BCUT2D eigenvalue weighted by Gasteiger charge is 2.43. The van der Waals surface area contributed by atoms with Gasteiger partial charge in [-0.05, 0) is 42.9 Å². The van der Waals surface area contributed by atoms with Crippen molar-refractivity contribution in [1.82, 2.24) is 9.03 Å². The summed E-state index contributed by atoms with van der Waals surface area (Å²) in [6.45, 7) is 0.800. The van der Waals surface area contributed by atoms with Gasteiger partial charge in [-0.3, -0.25) is 0 Å². The van der Waals surface area contributed by atoms with E-state index in [0.717, 1.165) is 24.8 Å². The van der Waals surface area contributed by atoms with Crippen LogP contribution in [0.25, 0.3) is 0 Å². The predicted octanol–water partition coefficient (Wildman–Crippen LogP) is 1.20. The standard InChI is InChI=1S/C14H18N2O4S/c17-14(18)12-4-1-10(2-5-12)8-15-21(19,20)16-9-11-3-6-13(16)7-11/h1-2,4-5,11,13,15H,3,6-9H2,(H,17,18). The fourth-order valence-corrected chi connectivity index (χ4v) is 4.70. The van der Waals surface area contributed by atoms with Crippen molar-refractivity contribution in [2.45, 2.75) is 31.8 Å². The molecule has 2 fully saturated rings. The Bertz CT molecular complexity index is 641. The molecule has 114 valence electrons. The van der Waals surface area contributed by atoms with Crippen molar-refractivity contribution in [3.63, 3.8) is 0 Å². The number of carboxylic acids is 1. The average molecular weight is 310 g/mol. The van der Waals surface area contributed by atoms with Crippen molar-refractivity contribution >= 4 is 16.2 Å². The third-order valence-electron chi connectivity index (χ3n) is 4.33. The zero-order valence-electron chi connectivity index (χ0n) is 11.5. The molecule has 2 unspecified atom stereocenters. The zero-order valence-corrected chi connectivity index (χ0v) is 12.3. The summed E-state index contributed by atoms with van der Waals surface area (Å²) in [6.07, 6.45) is 3.07. The summed E-state index contributed by atoms with van der Waals surface area (Å²) in [5.74, 6) is -0.475. The Balaban J connectivity index is 1.62. The zero-order chi connectivity index (χ0) is 15.0. The molecule has 1 aliphatic heterocycles. The summed E-state index contributed by atoms with van der Waals surface area (Å²) in [5, 5.41) is 8.82. The lowest BCUT2D eigenvalue weighted by Crippen LogP contribution is -2.44. The highest BCUT2D eigenvalue weighted by atomic mass is 32.2. The van der Waals surface area contributed by atoms with Gasteiger partial charge in [-0.2, -0.15) is 17.4 Å². The van der Waals surface area contributed by atoms with Gasteiger partial charge in [0.2, 0.25) is 0 Å². The number of hydrogen-bond acceptors (Lipinski definition) is 3. The largest absolute Gasteiger partial charge is 0.478 e. The van der Waals surface area contributed by atoms with Gasteiger partial charge in [-0.25, -0.2) is 4.79 Å². The molecular weight excluding hydrogens is 292 g/mol. The smallest absolute Gasteiger partial charge is 0.335 e. The average Bonchev–Trinajstić information content (AvgIpc) is 3.08. The minimum Gasteiger partial charge on any atom is -0.478 e. The van der Waals surface area contributed by atoms with E-state index in [-0.39, 0.29) is 18.2 Å². The molecular formula is C14H18N2O4S. The first-order valence-corrected chi connectivity index (χ1v) is 8.48. The number of piperidine rings is 1. The lowest BCUT2D eigenvalue weighted by molar-refractivity contribution is 0.0697. The van der Waals surface area contributed by atoms with Gasteiger partial charge >= 0.3 is 5.97 Å². The number of fused-ring (bicyclic) bond motifs is 2. The van der Waals surface area contributed by atoms with Gasteiger partial charge in [-0.15, -0.1) is 0 Å². The molecule has 3 rings (SSSR count). The van der Waals surface area contributed by atoms with Crippen LogP contribution < -0.4 is 4.72 Å². The number of rotatable bonds is 5. The van der Waals surface area contributed by atoms with Gasteiger partial charge in [0.1, 0.15) is 0 Å². The SMILES string of the molecule is O=C(O)c1ccc(CNS(=O)(=O)N2CC3CCC2C3)cc1. The number of nitrogens with zero attached hydrogens (tertiary/aromatic N) is 1. The molecule has 1 heterocycles.